The van der Waals surface area contributed by atoms with E-state index in [9.17, 15) is 14.4 Å². The maximum Gasteiger partial charge on any atom is 0.337 e. The molecule has 0 aromatic heterocycles. The van der Waals surface area contributed by atoms with E-state index in [2.05, 4.69) is 37.2 Å². The van der Waals surface area contributed by atoms with Crippen molar-refractivity contribution < 1.29 is 28.6 Å². The Kier molecular flexibility index (Phi) is 11.1. The number of ether oxygens (including phenoxy) is 3. The molecule has 0 heterocycles. The molecular weight excluding hydrogens is 679 g/mol. The number of anilines is 1. The second-order valence-corrected chi connectivity index (χ2v) is 10.8. The fourth-order valence-electron chi connectivity index (χ4n) is 3.53. The number of nitrogens with zero attached hydrogens (tertiary/aromatic N) is 1. The maximum atomic E-state index is 13.6. The van der Waals surface area contributed by atoms with E-state index in [4.69, 9.17) is 37.4 Å². The Morgan fingerprint density at radius 2 is 1.49 bits per heavy atom. The van der Waals surface area contributed by atoms with Gasteiger partial charge in [-0.1, -0.05) is 67.2 Å². The molecule has 0 radical (unpaired) electrons. The van der Waals surface area contributed by atoms with Crippen molar-refractivity contribution in [3.05, 3.63) is 89.8 Å². The Balaban J connectivity index is 1.93. The van der Waals surface area contributed by atoms with Crippen LogP contribution in [0.15, 0.2) is 57.5 Å². The Hall–Kier alpha value is -2.79. The first kappa shape index (κ1) is 30.7. The quantitative estimate of drug-likeness (QED) is 0.231. The average molecular weight is 703 g/mol. The van der Waals surface area contributed by atoms with Gasteiger partial charge in [0.25, 0.3) is 0 Å². The van der Waals surface area contributed by atoms with Crippen LogP contribution in [0, 0.1) is 0 Å². The number of hydrogen-bond acceptors (Lipinski definition) is 6. The molecule has 206 valence electrons. The van der Waals surface area contributed by atoms with Crippen LogP contribution in [0.25, 0.3) is 0 Å². The lowest BCUT2D eigenvalue weighted by atomic mass is 10.1. The van der Waals surface area contributed by atoms with Crippen LogP contribution in [0.3, 0.4) is 0 Å². The van der Waals surface area contributed by atoms with Crippen LogP contribution in [0.5, 0.6) is 5.75 Å². The van der Waals surface area contributed by atoms with Gasteiger partial charge >= 0.3 is 18.0 Å². The van der Waals surface area contributed by atoms with Crippen LogP contribution in [0.4, 0.5) is 10.5 Å². The third kappa shape index (κ3) is 8.35. The van der Waals surface area contributed by atoms with E-state index in [1.807, 2.05) is 24.3 Å². The van der Waals surface area contributed by atoms with Gasteiger partial charge in [-0.05, 0) is 53.1 Å². The molecule has 2 amide bonds. The van der Waals surface area contributed by atoms with Gasteiger partial charge in [0, 0.05) is 22.4 Å². The molecular formula is C27H24Br2Cl2N2O6. The first-order chi connectivity index (χ1) is 18.5. The molecule has 12 heteroatoms. The second-order valence-electron chi connectivity index (χ2n) is 8.26. The molecule has 1 N–H and O–H groups in total. The molecule has 0 aliphatic rings. The van der Waals surface area contributed by atoms with Crippen LogP contribution in [-0.2, 0) is 34.0 Å². The Labute approximate surface area is 252 Å². The molecule has 39 heavy (non-hydrogen) atoms. The number of benzene rings is 3. The van der Waals surface area contributed by atoms with E-state index in [1.165, 1.54) is 26.2 Å². The molecule has 3 aromatic carbocycles. The molecule has 0 fully saturated rings. The monoisotopic (exact) mass is 700 g/mol. The summed E-state index contributed by atoms with van der Waals surface area (Å²) in [5.74, 6) is -0.303. The maximum absolute atomic E-state index is 13.6. The van der Waals surface area contributed by atoms with Gasteiger partial charge in [-0.25, -0.2) is 9.59 Å². The molecule has 8 nitrogen and oxygen atoms in total. The summed E-state index contributed by atoms with van der Waals surface area (Å²) in [5, 5.41) is 2.93. The number of esters is 2. The van der Waals surface area contributed by atoms with Gasteiger partial charge in [0.2, 0.25) is 0 Å². The SMILES string of the molecule is COC(=O)c1cc(Cl)c(NC(=O)N(Cc2ccc(OC)cc2)Cc2c(Br)cc(COC(C)=O)cc2Br)c(Cl)c1. The number of rotatable bonds is 9. The van der Waals surface area contributed by atoms with Crippen molar-refractivity contribution >= 4 is 78.7 Å². The van der Waals surface area contributed by atoms with E-state index in [1.54, 1.807) is 24.1 Å². The summed E-state index contributed by atoms with van der Waals surface area (Å²) >= 11 is 19.9. The Morgan fingerprint density at radius 3 is 2.00 bits per heavy atom. The zero-order valence-electron chi connectivity index (χ0n) is 21.1. The van der Waals surface area contributed by atoms with Gasteiger partial charge in [0.1, 0.15) is 12.4 Å². The first-order valence-corrected chi connectivity index (χ1v) is 13.7. The summed E-state index contributed by atoms with van der Waals surface area (Å²) < 4.78 is 16.5. The second kappa shape index (κ2) is 14.0. The third-order valence-electron chi connectivity index (χ3n) is 5.51. The fraction of sp³-hybridized carbons (Fsp3) is 0.222. The lowest BCUT2D eigenvalue weighted by Crippen LogP contribution is -2.34. The molecule has 0 atom stereocenters. The highest BCUT2D eigenvalue weighted by atomic mass is 79.9. The largest absolute Gasteiger partial charge is 0.497 e. The topological polar surface area (TPSA) is 94.2 Å². The van der Waals surface area contributed by atoms with Crippen LogP contribution in [0.2, 0.25) is 10.0 Å². The molecule has 0 aliphatic carbocycles. The highest BCUT2D eigenvalue weighted by Gasteiger charge is 2.22. The number of halogens is 4. The standard InChI is InChI=1S/C27H24Br2Cl2N2O6/c1-15(34)39-14-17-8-21(28)20(22(29)9-17)13-33(12-16-4-6-19(37-2)7-5-16)27(36)32-25-23(30)10-18(11-24(25)31)26(35)38-3/h4-11H,12-14H2,1-3H3,(H,32,36). The molecule has 3 aromatic rings. The van der Waals surface area contributed by atoms with Gasteiger partial charge in [-0.3, -0.25) is 4.79 Å². The molecule has 3 rings (SSSR count). The van der Waals surface area contributed by atoms with Crippen LogP contribution in [-0.4, -0.2) is 37.1 Å². The van der Waals surface area contributed by atoms with Gasteiger partial charge in [-0.2, -0.15) is 0 Å². The number of amides is 2. The smallest absolute Gasteiger partial charge is 0.337 e. The highest BCUT2D eigenvalue weighted by molar-refractivity contribution is 9.11. The molecule has 0 unspecified atom stereocenters. The van der Waals surface area contributed by atoms with E-state index in [-0.39, 0.29) is 47.0 Å². The summed E-state index contributed by atoms with van der Waals surface area (Å²) in [7, 11) is 2.82. The van der Waals surface area contributed by atoms with Crippen molar-refractivity contribution in [3.8, 4) is 5.75 Å². The van der Waals surface area contributed by atoms with E-state index < -0.39 is 12.0 Å². The highest BCUT2D eigenvalue weighted by Crippen LogP contribution is 2.34. The molecule has 0 saturated heterocycles. The predicted octanol–water partition coefficient (Wildman–Crippen LogP) is 7.61. The summed E-state index contributed by atoms with van der Waals surface area (Å²) in [6.07, 6.45) is 0. The van der Waals surface area contributed by atoms with Gasteiger partial charge in [0.15, 0.2) is 0 Å². The zero-order chi connectivity index (χ0) is 28.7. The lowest BCUT2D eigenvalue weighted by molar-refractivity contribution is -0.142. The molecule has 0 spiro atoms. The van der Waals surface area contributed by atoms with Crippen molar-refractivity contribution in [1.29, 1.82) is 0 Å². The number of urea groups is 1. The molecule has 0 saturated carbocycles. The average Bonchev–Trinajstić information content (AvgIpc) is 2.90. The number of carbonyl (C=O) groups excluding carboxylic acids is 3. The Bertz CT molecular complexity index is 1340. The van der Waals surface area contributed by atoms with Crippen molar-refractivity contribution in [2.24, 2.45) is 0 Å². The normalized spacial score (nSPS) is 10.5. The number of hydrogen-bond donors (Lipinski definition) is 1. The van der Waals surface area contributed by atoms with Crippen LogP contribution < -0.4 is 10.1 Å². The number of methoxy groups -OCH3 is 2. The Morgan fingerprint density at radius 1 is 0.897 bits per heavy atom. The lowest BCUT2D eigenvalue weighted by Gasteiger charge is -2.25. The van der Waals surface area contributed by atoms with Crippen molar-refractivity contribution in [2.75, 3.05) is 19.5 Å². The third-order valence-corrected chi connectivity index (χ3v) is 7.52. The summed E-state index contributed by atoms with van der Waals surface area (Å²) in [4.78, 5) is 38.3. The minimum atomic E-state index is -0.607. The van der Waals surface area contributed by atoms with Crippen LogP contribution >= 0.6 is 55.1 Å². The van der Waals surface area contributed by atoms with E-state index >= 15 is 0 Å². The van der Waals surface area contributed by atoms with Gasteiger partial charge < -0.3 is 24.4 Å². The van der Waals surface area contributed by atoms with Crippen molar-refractivity contribution in [3.63, 3.8) is 0 Å². The fourth-order valence-corrected chi connectivity index (χ4v) is 5.64. The van der Waals surface area contributed by atoms with Gasteiger partial charge in [0.05, 0.1) is 42.1 Å². The van der Waals surface area contributed by atoms with E-state index in [0.717, 1.165) is 16.7 Å². The minimum absolute atomic E-state index is 0.0813. The van der Waals surface area contributed by atoms with Crippen molar-refractivity contribution in [2.45, 2.75) is 26.6 Å². The van der Waals surface area contributed by atoms with Gasteiger partial charge in [-0.15, -0.1) is 0 Å². The number of carbonyl (C=O) groups is 3. The molecule has 0 bridgehead atoms. The predicted molar refractivity (Wildman–Crippen MR) is 156 cm³/mol. The van der Waals surface area contributed by atoms with Crippen molar-refractivity contribution in [1.82, 2.24) is 4.90 Å². The minimum Gasteiger partial charge on any atom is -0.497 e. The van der Waals surface area contributed by atoms with Crippen LogP contribution in [0.1, 0.15) is 34.0 Å². The summed E-state index contributed by atoms with van der Waals surface area (Å²) in [6, 6.07) is 13.2. The zero-order valence-corrected chi connectivity index (χ0v) is 25.8. The van der Waals surface area contributed by atoms with E-state index in [0.29, 0.717) is 14.7 Å². The number of nitrogens with one attached hydrogen (secondary N) is 1. The summed E-state index contributed by atoms with van der Waals surface area (Å²) in [5.41, 5.74) is 2.71. The molecule has 0 aliphatic heterocycles. The first-order valence-electron chi connectivity index (χ1n) is 11.4. The summed E-state index contributed by atoms with van der Waals surface area (Å²) in [6.45, 7) is 1.87.